The molecule has 0 spiro atoms. The summed E-state index contributed by atoms with van der Waals surface area (Å²) in [5.41, 5.74) is 8.65. The molecule has 0 atom stereocenters. The number of H-pyrrole nitrogens is 1. The molecule has 3 rings (SSSR count). The molecule has 2 nitrogen and oxygen atoms in total. The molecule has 0 bridgehead atoms. The van der Waals surface area contributed by atoms with Crippen LogP contribution >= 0.6 is 15.9 Å². The second-order valence-corrected chi connectivity index (χ2v) is 6.46. The van der Waals surface area contributed by atoms with E-state index in [2.05, 4.69) is 20.9 Å². The van der Waals surface area contributed by atoms with E-state index in [9.17, 15) is 8.78 Å². The van der Waals surface area contributed by atoms with E-state index in [1.54, 1.807) is 0 Å². The summed E-state index contributed by atoms with van der Waals surface area (Å²) in [6.45, 7) is 0.610. The summed E-state index contributed by atoms with van der Waals surface area (Å²) in [5.74, 6) is -1.13. The van der Waals surface area contributed by atoms with Crippen LogP contribution in [-0.4, -0.2) is 11.5 Å². The average Bonchev–Trinajstić information content (AvgIpc) is 2.87. The van der Waals surface area contributed by atoms with E-state index < -0.39 is 11.6 Å². The first kappa shape index (κ1) is 16.1. The van der Waals surface area contributed by atoms with Gasteiger partial charge in [-0.2, -0.15) is 0 Å². The van der Waals surface area contributed by atoms with Gasteiger partial charge in [-0.3, -0.25) is 0 Å². The van der Waals surface area contributed by atoms with Crippen molar-refractivity contribution in [2.45, 2.75) is 19.3 Å². The molecule has 0 fully saturated rings. The molecule has 0 saturated carbocycles. The second kappa shape index (κ2) is 6.81. The Morgan fingerprint density at radius 1 is 1.04 bits per heavy atom. The van der Waals surface area contributed by atoms with Gasteiger partial charge in [0.1, 0.15) is 11.6 Å². The van der Waals surface area contributed by atoms with Crippen LogP contribution in [-0.2, 0) is 6.42 Å². The molecule has 5 heteroatoms. The van der Waals surface area contributed by atoms with Crippen molar-refractivity contribution >= 4 is 26.8 Å². The van der Waals surface area contributed by atoms with Gasteiger partial charge >= 0.3 is 0 Å². The van der Waals surface area contributed by atoms with E-state index in [1.807, 2.05) is 24.3 Å². The van der Waals surface area contributed by atoms with Crippen LogP contribution in [0, 0.1) is 11.6 Å². The first-order chi connectivity index (χ1) is 11.1. The zero-order valence-corrected chi connectivity index (χ0v) is 14.1. The van der Waals surface area contributed by atoms with Gasteiger partial charge in [0.15, 0.2) is 0 Å². The third-order valence-corrected chi connectivity index (χ3v) is 4.47. The van der Waals surface area contributed by atoms with Crippen molar-refractivity contribution in [3.8, 4) is 11.3 Å². The fourth-order valence-corrected chi connectivity index (χ4v) is 3.11. The van der Waals surface area contributed by atoms with Gasteiger partial charge in [-0.25, -0.2) is 8.78 Å². The van der Waals surface area contributed by atoms with Crippen molar-refractivity contribution in [1.82, 2.24) is 4.98 Å². The molecule has 1 heterocycles. The summed E-state index contributed by atoms with van der Waals surface area (Å²) in [4.78, 5) is 3.13. The molecule has 2 aromatic carbocycles. The quantitative estimate of drug-likeness (QED) is 0.591. The summed E-state index contributed by atoms with van der Waals surface area (Å²) in [5, 5.41) is 0.609. The van der Waals surface area contributed by atoms with Gasteiger partial charge in [-0.15, -0.1) is 0 Å². The Bertz CT molecular complexity index is 825. The Morgan fingerprint density at radius 3 is 2.48 bits per heavy atom. The van der Waals surface area contributed by atoms with Crippen molar-refractivity contribution in [2.75, 3.05) is 6.54 Å². The van der Waals surface area contributed by atoms with Crippen molar-refractivity contribution in [3.63, 3.8) is 0 Å². The predicted octanol–water partition coefficient (Wildman–Crippen LogP) is 5.16. The molecule has 3 aromatic rings. The number of nitrogens with two attached hydrogens (primary N) is 1. The van der Waals surface area contributed by atoms with Crippen LogP contribution in [0.5, 0.6) is 0 Å². The highest BCUT2D eigenvalue weighted by molar-refractivity contribution is 9.10. The van der Waals surface area contributed by atoms with Crippen LogP contribution in [0.3, 0.4) is 0 Å². The minimum Gasteiger partial charge on any atom is -0.352 e. The molecule has 23 heavy (non-hydrogen) atoms. The molecular weight excluding hydrogens is 362 g/mol. The van der Waals surface area contributed by atoms with Crippen molar-refractivity contribution < 1.29 is 8.78 Å². The van der Waals surface area contributed by atoms with Crippen LogP contribution in [0.4, 0.5) is 8.78 Å². The maximum absolute atomic E-state index is 14.1. The number of unbranched alkanes of at least 4 members (excludes halogenated alkanes) is 1. The number of aryl methyl sites for hydroxylation is 1. The third kappa shape index (κ3) is 3.31. The first-order valence-electron chi connectivity index (χ1n) is 7.55. The maximum atomic E-state index is 14.1. The third-order valence-electron chi connectivity index (χ3n) is 3.95. The van der Waals surface area contributed by atoms with Crippen LogP contribution in [0.1, 0.15) is 18.4 Å². The lowest BCUT2D eigenvalue weighted by Gasteiger charge is -2.05. The van der Waals surface area contributed by atoms with E-state index in [0.717, 1.165) is 46.6 Å². The lowest BCUT2D eigenvalue weighted by atomic mass is 10.00. The highest BCUT2D eigenvalue weighted by Crippen LogP contribution is 2.33. The highest BCUT2D eigenvalue weighted by Gasteiger charge is 2.16. The number of halogens is 3. The molecular formula is C18H17BrF2N2. The Hall–Kier alpha value is -1.72. The number of hydrogen-bond acceptors (Lipinski definition) is 1. The highest BCUT2D eigenvalue weighted by atomic mass is 79.9. The summed E-state index contributed by atoms with van der Waals surface area (Å²) in [6.07, 6.45) is 2.49. The topological polar surface area (TPSA) is 41.8 Å². The molecule has 0 aliphatic heterocycles. The maximum Gasteiger partial charge on any atom is 0.150 e. The van der Waals surface area contributed by atoms with Gasteiger partial charge in [0.25, 0.3) is 0 Å². The molecule has 3 N–H and O–H groups in total. The Labute approximate surface area is 141 Å². The van der Waals surface area contributed by atoms with Gasteiger partial charge < -0.3 is 10.7 Å². The summed E-state index contributed by atoms with van der Waals surface area (Å²) in [6, 6.07) is 10.1. The minimum absolute atomic E-state index is 0.354. The van der Waals surface area contributed by atoms with E-state index in [0.29, 0.717) is 17.4 Å². The van der Waals surface area contributed by atoms with Gasteiger partial charge in [0.05, 0.1) is 5.52 Å². The van der Waals surface area contributed by atoms with Crippen LogP contribution < -0.4 is 5.73 Å². The van der Waals surface area contributed by atoms with Crippen LogP contribution in [0.25, 0.3) is 22.2 Å². The van der Waals surface area contributed by atoms with Crippen LogP contribution in [0.15, 0.2) is 40.9 Å². The summed E-state index contributed by atoms with van der Waals surface area (Å²) >= 11 is 3.41. The molecule has 0 aliphatic rings. The molecule has 0 amide bonds. The fraction of sp³-hybridized carbons (Fsp3) is 0.222. The zero-order chi connectivity index (χ0) is 16.4. The van der Waals surface area contributed by atoms with E-state index >= 15 is 0 Å². The molecule has 0 radical (unpaired) electrons. The largest absolute Gasteiger partial charge is 0.352 e. The number of nitrogens with one attached hydrogen (secondary N) is 1. The zero-order valence-electron chi connectivity index (χ0n) is 12.5. The van der Waals surface area contributed by atoms with E-state index in [-0.39, 0.29) is 0 Å². The second-order valence-electron chi connectivity index (χ2n) is 5.54. The van der Waals surface area contributed by atoms with Crippen LogP contribution in [0.2, 0.25) is 0 Å². The number of rotatable bonds is 5. The number of aromatic amines is 1. The lowest BCUT2D eigenvalue weighted by molar-refractivity contribution is 0.591. The Balaban J connectivity index is 2.16. The Morgan fingerprint density at radius 2 is 1.78 bits per heavy atom. The first-order valence-corrected chi connectivity index (χ1v) is 8.35. The smallest absolute Gasteiger partial charge is 0.150 e. The SMILES string of the molecule is NCCCCc1c(-c2ccc(Br)cc2)[nH]c2c(F)cc(F)cc12. The molecule has 1 aromatic heterocycles. The van der Waals surface area contributed by atoms with Crippen molar-refractivity contribution in [1.29, 1.82) is 0 Å². The van der Waals surface area contributed by atoms with E-state index in [4.69, 9.17) is 5.73 Å². The average molecular weight is 379 g/mol. The van der Waals surface area contributed by atoms with Gasteiger partial charge in [-0.1, -0.05) is 28.1 Å². The summed E-state index contributed by atoms with van der Waals surface area (Å²) in [7, 11) is 0. The van der Waals surface area contributed by atoms with E-state index in [1.165, 1.54) is 6.07 Å². The molecule has 0 unspecified atom stereocenters. The Kier molecular flexibility index (Phi) is 4.78. The minimum atomic E-state index is -0.566. The van der Waals surface area contributed by atoms with Crippen molar-refractivity contribution in [2.24, 2.45) is 5.73 Å². The summed E-state index contributed by atoms with van der Waals surface area (Å²) < 4.78 is 28.7. The standard InChI is InChI=1S/C18H17BrF2N2/c19-12-6-4-11(5-7-12)17-14(3-1-2-8-22)15-9-13(20)10-16(21)18(15)23-17/h4-7,9-10,23H,1-3,8,22H2. The normalized spacial score (nSPS) is 11.3. The van der Waals surface area contributed by atoms with Gasteiger partial charge in [0.2, 0.25) is 0 Å². The molecule has 0 saturated heterocycles. The number of hydrogen-bond donors (Lipinski definition) is 2. The predicted molar refractivity (Wildman–Crippen MR) is 93.3 cm³/mol. The number of fused-ring (bicyclic) bond motifs is 1. The number of benzene rings is 2. The van der Waals surface area contributed by atoms with Gasteiger partial charge in [-0.05, 0) is 55.1 Å². The van der Waals surface area contributed by atoms with Crippen molar-refractivity contribution in [3.05, 3.63) is 58.1 Å². The molecule has 0 aliphatic carbocycles. The monoisotopic (exact) mass is 378 g/mol. The molecule has 120 valence electrons. The number of aromatic nitrogens is 1. The lowest BCUT2D eigenvalue weighted by Crippen LogP contribution is -1.99. The van der Waals surface area contributed by atoms with Gasteiger partial charge in [0, 0.05) is 21.6 Å². The fourth-order valence-electron chi connectivity index (χ4n) is 2.84.